The molecular weight excluding hydrogens is 187 g/mol. The van der Waals surface area contributed by atoms with Crippen molar-refractivity contribution in [3.63, 3.8) is 0 Å². The van der Waals surface area contributed by atoms with E-state index in [-0.39, 0.29) is 11.5 Å². The summed E-state index contributed by atoms with van der Waals surface area (Å²) in [6.07, 6.45) is 0. The van der Waals surface area contributed by atoms with Crippen LogP contribution in [0.1, 0.15) is 0 Å². The molecule has 0 radical (unpaired) electrons. The molecule has 1 aromatic carbocycles. The maximum Gasteiger partial charge on any atom is 0.340 e. The van der Waals surface area contributed by atoms with Gasteiger partial charge in [0.1, 0.15) is 5.82 Å². The summed E-state index contributed by atoms with van der Waals surface area (Å²) in [7, 11) is 0. The Labute approximate surface area is 77.8 Å². The highest BCUT2D eigenvalue weighted by atomic mass is 19.1. The van der Waals surface area contributed by atoms with Crippen LogP contribution in [0.2, 0.25) is 0 Å². The summed E-state index contributed by atoms with van der Waals surface area (Å²) >= 11 is 0. The third-order valence-electron chi connectivity index (χ3n) is 1.78. The molecule has 6 heteroatoms. The molecule has 0 saturated heterocycles. The van der Waals surface area contributed by atoms with Crippen molar-refractivity contribution in [3.8, 4) is 11.4 Å². The molecule has 0 saturated carbocycles. The molecule has 0 bridgehead atoms. The monoisotopic (exact) mass is 194 g/mol. The van der Waals surface area contributed by atoms with E-state index >= 15 is 0 Å². The minimum atomic E-state index is -0.536. The molecule has 0 atom stereocenters. The summed E-state index contributed by atoms with van der Waals surface area (Å²) in [5.74, 6) is -0.250. The van der Waals surface area contributed by atoms with Gasteiger partial charge in [-0.1, -0.05) is 0 Å². The molecule has 72 valence electrons. The van der Waals surface area contributed by atoms with Crippen molar-refractivity contribution in [1.82, 2.24) is 15.2 Å². The van der Waals surface area contributed by atoms with Gasteiger partial charge < -0.3 is 5.73 Å². The first-order valence-corrected chi connectivity index (χ1v) is 3.87. The van der Waals surface area contributed by atoms with E-state index in [1.807, 2.05) is 0 Å². The normalized spacial score (nSPS) is 10.4. The van der Waals surface area contributed by atoms with Crippen LogP contribution >= 0.6 is 0 Å². The third kappa shape index (κ3) is 1.37. The number of aromatic nitrogens is 3. The van der Waals surface area contributed by atoms with Crippen molar-refractivity contribution in [3.05, 3.63) is 34.5 Å². The highest BCUT2D eigenvalue weighted by molar-refractivity contribution is 5.58. The Kier molecular flexibility index (Phi) is 1.81. The minimum Gasteiger partial charge on any atom is -0.396 e. The van der Waals surface area contributed by atoms with Crippen molar-refractivity contribution < 1.29 is 4.39 Å². The molecule has 1 aromatic heterocycles. The third-order valence-corrected chi connectivity index (χ3v) is 1.78. The molecule has 2 rings (SSSR count). The van der Waals surface area contributed by atoms with Crippen molar-refractivity contribution in [2.45, 2.75) is 0 Å². The molecular formula is C8H7FN4O. The number of benzene rings is 1. The van der Waals surface area contributed by atoms with Gasteiger partial charge in [0.05, 0.1) is 5.69 Å². The molecule has 1 heterocycles. The maximum absolute atomic E-state index is 13.0. The van der Waals surface area contributed by atoms with Gasteiger partial charge in [-0.3, -0.25) is 4.98 Å². The highest BCUT2D eigenvalue weighted by Crippen LogP contribution is 2.18. The number of aromatic amines is 2. The summed E-state index contributed by atoms with van der Waals surface area (Å²) < 4.78 is 13.0. The van der Waals surface area contributed by atoms with Crippen LogP contribution in [-0.4, -0.2) is 15.2 Å². The van der Waals surface area contributed by atoms with E-state index in [1.54, 1.807) is 6.07 Å². The number of nitrogens with two attached hydrogens (primary N) is 1. The average molecular weight is 194 g/mol. The first-order chi connectivity index (χ1) is 6.66. The highest BCUT2D eigenvalue weighted by Gasteiger charge is 2.05. The Morgan fingerprint density at radius 2 is 2.21 bits per heavy atom. The van der Waals surface area contributed by atoms with Gasteiger partial charge in [0.25, 0.3) is 0 Å². The molecule has 0 spiro atoms. The number of nitrogen functional groups attached to an aromatic ring is 1. The lowest BCUT2D eigenvalue weighted by molar-refractivity contribution is 0.633. The van der Waals surface area contributed by atoms with Crippen molar-refractivity contribution in [2.24, 2.45) is 0 Å². The molecule has 0 aliphatic carbocycles. The summed E-state index contributed by atoms with van der Waals surface area (Å²) in [6, 6.07) is 4.20. The van der Waals surface area contributed by atoms with E-state index in [0.717, 1.165) is 0 Å². The Morgan fingerprint density at radius 1 is 1.43 bits per heavy atom. The molecule has 2 aromatic rings. The van der Waals surface area contributed by atoms with Gasteiger partial charge >= 0.3 is 5.69 Å². The fourth-order valence-corrected chi connectivity index (χ4v) is 1.08. The van der Waals surface area contributed by atoms with Crippen LogP contribution in [0.15, 0.2) is 23.0 Å². The van der Waals surface area contributed by atoms with E-state index in [1.165, 1.54) is 12.1 Å². The maximum atomic E-state index is 13.0. The summed E-state index contributed by atoms with van der Waals surface area (Å²) in [6.45, 7) is 0. The molecule has 14 heavy (non-hydrogen) atoms. The smallest absolute Gasteiger partial charge is 0.340 e. The Balaban J connectivity index is 2.52. The van der Waals surface area contributed by atoms with E-state index < -0.39 is 11.5 Å². The second-order valence-electron chi connectivity index (χ2n) is 2.76. The van der Waals surface area contributed by atoms with E-state index in [4.69, 9.17) is 5.73 Å². The van der Waals surface area contributed by atoms with Crippen molar-refractivity contribution in [1.29, 1.82) is 0 Å². The number of hydrogen-bond acceptors (Lipinski definition) is 3. The number of hydrogen-bond donors (Lipinski definition) is 3. The van der Waals surface area contributed by atoms with Gasteiger partial charge in [-0.2, -0.15) is 5.10 Å². The zero-order chi connectivity index (χ0) is 10.1. The van der Waals surface area contributed by atoms with Gasteiger partial charge in [0.15, 0.2) is 5.82 Å². The number of nitrogens with zero attached hydrogens (tertiary/aromatic N) is 1. The SMILES string of the molecule is Nc1ccc(-c2n[nH]c(=O)[nH]2)cc1F. The number of anilines is 1. The second kappa shape index (κ2) is 2.99. The fourth-order valence-electron chi connectivity index (χ4n) is 1.08. The molecule has 4 N–H and O–H groups in total. The number of H-pyrrole nitrogens is 2. The zero-order valence-corrected chi connectivity index (χ0v) is 7.04. The Bertz CT molecular complexity index is 516. The van der Waals surface area contributed by atoms with Crippen LogP contribution < -0.4 is 11.4 Å². The minimum absolute atomic E-state index is 0.0617. The molecule has 5 nitrogen and oxygen atoms in total. The van der Waals surface area contributed by atoms with Gasteiger partial charge in [-0.25, -0.2) is 14.3 Å². The molecule has 0 aliphatic rings. The number of rotatable bonds is 1. The van der Waals surface area contributed by atoms with E-state index in [2.05, 4.69) is 15.2 Å². The second-order valence-corrected chi connectivity index (χ2v) is 2.76. The standard InChI is InChI=1S/C8H7FN4O/c9-5-3-4(1-2-6(5)10)7-11-8(14)13-12-7/h1-3H,10H2,(H2,11,12,13,14). The van der Waals surface area contributed by atoms with Crippen LogP contribution in [0.3, 0.4) is 0 Å². The lowest BCUT2D eigenvalue weighted by Crippen LogP contribution is -2.00. The fraction of sp³-hybridized carbons (Fsp3) is 0. The average Bonchev–Trinajstić information content (AvgIpc) is 2.57. The van der Waals surface area contributed by atoms with Crippen LogP contribution in [0.25, 0.3) is 11.4 Å². The van der Waals surface area contributed by atoms with Crippen LogP contribution in [-0.2, 0) is 0 Å². The molecule has 0 amide bonds. The summed E-state index contributed by atoms with van der Waals surface area (Å²) in [5.41, 5.74) is 5.39. The zero-order valence-electron chi connectivity index (χ0n) is 7.04. The predicted molar refractivity (Wildman–Crippen MR) is 49.0 cm³/mol. The van der Waals surface area contributed by atoms with E-state index in [9.17, 15) is 9.18 Å². The first-order valence-electron chi connectivity index (χ1n) is 3.87. The Hall–Kier alpha value is -2.11. The van der Waals surface area contributed by atoms with Crippen LogP contribution in [0, 0.1) is 5.82 Å². The first kappa shape index (κ1) is 8.49. The molecule has 0 fully saturated rings. The van der Waals surface area contributed by atoms with Gasteiger partial charge in [0.2, 0.25) is 0 Å². The van der Waals surface area contributed by atoms with Crippen molar-refractivity contribution >= 4 is 5.69 Å². The number of halogens is 1. The van der Waals surface area contributed by atoms with Gasteiger partial charge in [-0.15, -0.1) is 0 Å². The largest absolute Gasteiger partial charge is 0.396 e. The lowest BCUT2D eigenvalue weighted by atomic mass is 10.2. The van der Waals surface area contributed by atoms with Gasteiger partial charge in [-0.05, 0) is 18.2 Å². The summed E-state index contributed by atoms with van der Waals surface area (Å²) in [4.78, 5) is 13.1. The summed E-state index contributed by atoms with van der Waals surface area (Å²) in [5, 5.41) is 5.84. The topological polar surface area (TPSA) is 87.6 Å². The van der Waals surface area contributed by atoms with E-state index in [0.29, 0.717) is 5.56 Å². The Morgan fingerprint density at radius 3 is 2.79 bits per heavy atom. The van der Waals surface area contributed by atoms with Crippen LogP contribution in [0.4, 0.5) is 10.1 Å². The van der Waals surface area contributed by atoms with Crippen LogP contribution in [0.5, 0.6) is 0 Å². The quantitative estimate of drug-likeness (QED) is 0.577. The van der Waals surface area contributed by atoms with Gasteiger partial charge in [0, 0.05) is 5.56 Å². The van der Waals surface area contributed by atoms with Crippen molar-refractivity contribution in [2.75, 3.05) is 5.73 Å². The number of nitrogens with one attached hydrogen (secondary N) is 2. The predicted octanol–water partition coefficient (Wildman–Crippen LogP) is 0.486. The lowest BCUT2D eigenvalue weighted by Gasteiger charge is -1.98. The molecule has 0 aliphatic heterocycles. The molecule has 0 unspecified atom stereocenters.